The zero-order valence-corrected chi connectivity index (χ0v) is 15.5. The molecule has 3 atom stereocenters. The van der Waals surface area contributed by atoms with Gasteiger partial charge in [-0.05, 0) is 17.9 Å². The van der Waals surface area contributed by atoms with Crippen molar-refractivity contribution in [2.45, 2.75) is 58.7 Å². The maximum Gasteiger partial charge on any atom is 0.408 e. The zero-order chi connectivity index (χ0) is 19.5. The Morgan fingerprint density at radius 2 is 1.77 bits per heavy atom. The number of carbonyl (C=O) groups excluding carboxylic acids is 2. The molecule has 26 heavy (non-hydrogen) atoms. The lowest BCUT2D eigenvalue weighted by atomic mass is 9.98. The lowest BCUT2D eigenvalue weighted by Crippen LogP contribution is -2.53. The molecule has 1 aromatic carbocycles. The molecule has 1 aromatic rings. The van der Waals surface area contributed by atoms with Gasteiger partial charge in [-0.15, -0.1) is 0 Å². The van der Waals surface area contributed by atoms with Crippen LogP contribution in [0.15, 0.2) is 30.3 Å². The van der Waals surface area contributed by atoms with Crippen LogP contribution >= 0.6 is 0 Å². The number of ether oxygens (including phenoxy) is 1. The fourth-order valence-corrected chi connectivity index (χ4v) is 2.40. The molecule has 0 aliphatic heterocycles. The van der Waals surface area contributed by atoms with E-state index in [2.05, 4.69) is 10.6 Å². The first-order valence-corrected chi connectivity index (χ1v) is 8.89. The van der Waals surface area contributed by atoms with Gasteiger partial charge < -0.3 is 20.5 Å². The summed E-state index contributed by atoms with van der Waals surface area (Å²) in [5, 5.41) is 14.3. The van der Waals surface area contributed by atoms with E-state index in [0.29, 0.717) is 19.3 Å². The predicted octanol–water partition coefficient (Wildman–Crippen LogP) is 2.70. The van der Waals surface area contributed by atoms with Gasteiger partial charge in [0.2, 0.25) is 5.91 Å². The second kappa shape index (κ2) is 11.1. The van der Waals surface area contributed by atoms with Crippen LogP contribution in [0.4, 0.5) is 4.79 Å². The molecule has 0 aliphatic carbocycles. The Kier molecular flexibility index (Phi) is 9.19. The highest BCUT2D eigenvalue weighted by molar-refractivity contribution is 5.89. The van der Waals surface area contributed by atoms with Crippen molar-refractivity contribution >= 4 is 18.0 Å². The molecule has 0 fully saturated rings. The van der Waals surface area contributed by atoms with E-state index in [4.69, 9.17) is 4.74 Å². The van der Waals surface area contributed by atoms with Gasteiger partial charge in [-0.3, -0.25) is 4.79 Å². The van der Waals surface area contributed by atoms with Gasteiger partial charge in [0, 0.05) is 0 Å². The Bertz CT molecular complexity index is 591. The van der Waals surface area contributed by atoms with Crippen LogP contribution in [-0.2, 0) is 20.9 Å². The zero-order valence-electron chi connectivity index (χ0n) is 15.5. The number of carbonyl (C=O) groups is 3. The number of rotatable bonds is 10. The molecule has 0 saturated carbocycles. The maximum atomic E-state index is 12.4. The van der Waals surface area contributed by atoms with Gasteiger partial charge in [0.1, 0.15) is 18.7 Å². The first-order chi connectivity index (χ1) is 12.4. The van der Waals surface area contributed by atoms with Crippen molar-refractivity contribution in [3.63, 3.8) is 0 Å². The quantitative estimate of drug-likeness (QED) is 0.592. The topological polar surface area (TPSA) is 105 Å². The number of amides is 2. The molecule has 0 heterocycles. The summed E-state index contributed by atoms with van der Waals surface area (Å²) < 4.78 is 5.13. The monoisotopic (exact) mass is 364 g/mol. The minimum Gasteiger partial charge on any atom is -0.480 e. The van der Waals surface area contributed by atoms with E-state index in [1.807, 2.05) is 44.2 Å². The molecule has 3 unspecified atom stereocenters. The van der Waals surface area contributed by atoms with Crippen LogP contribution in [0.25, 0.3) is 0 Å². The largest absolute Gasteiger partial charge is 0.480 e. The summed E-state index contributed by atoms with van der Waals surface area (Å²) in [6.45, 7) is 5.59. The van der Waals surface area contributed by atoms with Gasteiger partial charge in [0.05, 0.1) is 0 Å². The minimum absolute atomic E-state index is 0.0950. The van der Waals surface area contributed by atoms with Crippen LogP contribution in [0.2, 0.25) is 0 Å². The fourth-order valence-electron chi connectivity index (χ4n) is 2.40. The Labute approximate surface area is 154 Å². The highest BCUT2D eigenvalue weighted by Crippen LogP contribution is 2.09. The molecule has 0 spiro atoms. The molecule has 0 aliphatic rings. The van der Waals surface area contributed by atoms with Crippen LogP contribution in [0.1, 0.15) is 45.6 Å². The first-order valence-electron chi connectivity index (χ1n) is 8.89. The summed E-state index contributed by atoms with van der Waals surface area (Å²) in [4.78, 5) is 35.8. The van der Waals surface area contributed by atoms with Gasteiger partial charge in [-0.25, -0.2) is 9.59 Å². The van der Waals surface area contributed by atoms with E-state index in [9.17, 15) is 19.5 Å². The maximum absolute atomic E-state index is 12.4. The molecule has 1 rings (SSSR count). The second-order valence-corrected chi connectivity index (χ2v) is 6.26. The molecular formula is C19H28N2O5. The van der Waals surface area contributed by atoms with E-state index in [0.717, 1.165) is 5.56 Å². The summed E-state index contributed by atoms with van der Waals surface area (Å²) in [5.41, 5.74) is 0.835. The van der Waals surface area contributed by atoms with Crippen LogP contribution in [0.5, 0.6) is 0 Å². The lowest BCUT2D eigenvalue weighted by Gasteiger charge is -2.24. The molecule has 0 aromatic heterocycles. The molecule has 7 nitrogen and oxygen atoms in total. The Morgan fingerprint density at radius 1 is 1.12 bits per heavy atom. The third-order valence-corrected chi connectivity index (χ3v) is 4.18. The molecule has 7 heteroatoms. The van der Waals surface area contributed by atoms with Gasteiger partial charge in [-0.1, -0.05) is 63.9 Å². The van der Waals surface area contributed by atoms with Crippen LogP contribution < -0.4 is 10.6 Å². The number of alkyl carbamates (subject to hydrolysis) is 1. The Hall–Kier alpha value is -2.57. The highest BCUT2D eigenvalue weighted by Gasteiger charge is 2.29. The number of nitrogens with one attached hydrogen (secondary N) is 2. The lowest BCUT2D eigenvalue weighted by molar-refractivity contribution is -0.143. The van der Waals surface area contributed by atoms with Crippen molar-refractivity contribution in [1.82, 2.24) is 10.6 Å². The molecule has 0 saturated heterocycles. The van der Waals surface area contributed by atoms with Gasteiger partial charge in [-0.2, -0.15) is 0 Å². The second-order valence-electron chi connectivity index (χ2n) is 6.26. The Balaban J connectivity index is 2.63. The van der Waals surface area contributed by atoms with E-state index in [-0.39, 0.29) is 12.5 Å². The first kappa shape index (κ1) is 21.5. The van der Waals surface area contributed by atoms with Gasteiger partial charge >= 0.3 is 12.1 Å². The SMILES string of the molecule is CCCC(NC(=O)OCc1ccccc1)C(=O)NC(C(=O)O)C(C)CC. The van der Waals surface area contributed by atoms with Crippen molar-refractivity contribution in [2.24, 2.45) is 5.92 Å². The normalized spacial score (nSPS) is 14.0. The standard InChI is InChI=1S/C19H28N2O5/c1-4-9-15(17(22)21-16(18(23)24)13(3)5-2)20-19(25)26-12-14-10-7-6-8-11-14/h6-8,10-11,13,15-16H,4-5,9,12H2,1-3H3,(H,20,25)(H,21,22)(H,23,24). The van der Waals surface area contributed by atoms with Crippen molar-refractivity contribution in [1.29, 1.82) is 0 Å². The van der Waals surface area contributed by atoms with E-state index in [1.165, 1.54) is 0 Å². The average Bonchev–Trinajstić information content (AvgIpc) is 2.63. The van der Waals surface area contributed by atoms with Crippen LogP contribution in [0.3, 0.4) is 0 Å². The minimum atomic E-state index is -1.09. The van der Waals surface area contributed by atoms with Crippen molar-refractivity contribution < 1.29 is 24.2 Å². The van der Waals surface area contributed by atoms with E-state index < -0.39 is 30.1 Å². The highest BCUT2D eigenvalue weighted by atomic mass is 16.5. The van der Waals surface area contributed by atoms with Crippen LogP contribution in [-0.4, -0.2) is 35.2 Å². The number of hydrogen-bond acceptors (Lipinski definition) is 4. The third kappa shape index (κ3) is 7.13. The average molecular weight is 364 g/mol. The third-order valence-electron chi connectivity index (χ3n) is 4.18. The summed E-state index contributed by atoms with van der Waals surface area (Å²) in [6.07, 6.45) is 0.942. The molecule has 144 valence electrons. The number of carboxylic acid groups (broad SMARTS) is 1. The molecule has 0 radical (unpaired) electrons. The van der Waals surface area contributed by atoms with E-state index in [1.54, 1.807) is 6.92 Å². The number of hydrogen-bond donors (Lipinski definition) is 3. The molecule has 0 bridgehead atoms. The summed E-state index contributed by atoms with van der Waals surface area (Å²) in [7, 11) is 0. The number of aliphatic carboxylic acids is 1. The van der Waals surface area contributed by atoms with Gasteiger partial charge in [0.15, 0.2) is 0 Å². The van der Waals surface area contributed by atoms with Gasteiger partial charge in [0.25, 0.3) is 0 Å². The summed E-state index contributed by atoms with van der Waals surface area (Å²) >= 11 is 0. The summed E-state index contributed by atoms with van der Waals surface area (Å²) in [5.74, 6) is -1.82. The van der Waals surface area contributed by atoms with E-state index >= 15 is 0 Å². The van der Waals surface area contributed by atoms with Crippen molar-refractivity contribution in [3.8, 4) is 0 Å². The van der Waals surface area contributed by atoms with Crippen LogP contribution in [0, 0.1) is 5.92 Å². The fraction of sp³-hybridized carbons (Fsp3) is 0.526. The Morgan fingerprint density at radius 3 is 2.31 bits per heavy atom. The predicted molar refractivity (Wildman–Crippen MR) is 97.5 cm³/mol. The number of carboxylic acids is 1. The smallest absolute Gasteiger partial charge is 0.408 e. The molecular weight excluding hydrogens is 336 g/mol. The molecule has 2 amide bonds. The summed E-state index contributed by atoms with van der Waals surface area (Å²) in [6, 6.07) is 7.36. The van der Waals surface area contributed by atoms with Crippen molar-refractivity contribution in [3.05, 3.63) is 35.9 Å². The molecule has 3 N–H and O–H groups in total. The number of benzene rings is 1. The van der Waals surface area contributed by atoms with Crippen molar-refractivity contribution in [2.75, 3.05) is 0 Å².